The summed E-state index contributed by atoms with van der Waals surface area (Å²) in [5, 5.41) is 2.77. The Morgan fingerprint density at radius 3 is 2.87 bits per heavy atom. The van der Waals surface area contributed by atoms with E-state index in [1.807, 2.05) is 6.92 Å². The predicted octanol–water partition coefficient (Wildman–Crippen LogP) is 1.68. The molecule has 0 spiro atoms. The number of carbonyl (C=O) groups is 1. The summed E-state index contributed by atoms with van der Waals surface area (Å²) in [4.78, 5) is 15.2. The summed E-state index contributed by atoms with van der Waals surface area (Å²) in [6, 6.07) is 3.46. The molecule has 0 radical (unpaired) electrons. The molecule has 0 saturated heterocycles. The van der Waals surface area contributed by atoms with Crippen LogP contribution >= 0.6 is 0 Å². The second kappa shape index (κ2) is 3.96. The Morgan fingerprint density at radius 1 is 1.60 bits per heavy atom. The van der Waals surface area contributed by atoms with E-state index in [1.165, 1.54) is 0 Å². The molecule has 1 N–H and O–H groups in total. The number of aromatic nitrogens is 1. The lowest BCUT2D eigenvalue weighted by Crippen LogP contribution is -2.26. The normalized spacial score (nSPS) is 15.1. The largest absolute Gasteiger partial charge is 0.348 e. The number of halogens is 1. The third kappa shape index (κ3) is 2.32. The summed E-state index contributed by atoms with van der Waals surface area (Å²) < 4.78 is 13.3. The fourth-order valence-electron chi connectivity index (χ4n) is 1.34. The lowest BCUT2D eigenvalue weighted by atomic mass is 10.2. The van der Waals surface area contributed by atoms with Crippen LogP contribution in [0, 0.1) is 5.95 Å². The van der Waals surface area contributed by atoms with Gasteiger partial charge in [-0.1, -0.05) is 13.0 Å². The maximum absolute atomic E-state index is 13.3. The van der Waals surface area contributed by atoms with Crippen molar-refractivity contribution in [2.24, 2.45) is 0 Å². The number of rotatable bonds is 3. The van der Waals surface area contributed by atoms with Crippen molar-refractivity contribution in [3.8, 4) is 0 Å². The van der Waals surface area contributed by atoms with Gasteiger partial charge in [-0.25, -0.2) is 4.98 Å². The zero-order chi connectivity index (χ0) is 10.8. The van der Waals surface area contributed by atoms with Gasteiger partial charge in [-0.3, -0.25) is 4.79 Å². The summed E-state index contributed by atoms with van der Waals surface area (Å²) in [6.07, 6.45) is 2.62. The first-order valence-electron chi connectivity index (χ1n) is 5.17. The van der Waals surface area contributed by atoms with Crippen LogP contribution < -0.4 is 5.32 Å². The topological polar surface area (TPSA) is 42.0 Å². The van der Waals surface area contributed by atoms with Crippen LogP contribution in [-0.2, 0) is 6.42 Å². The zero-order valence-corrected chi connectivity index (χ0v) is 8.59. The molecule has 0 atom stereocenters. The molecule has 1 amide bonds. The molecular formula is C11H13FN2O. The molecule has 1 saturated carbocycles. The molecule has 1 heterocycles. The zero-order valence-electron chi connectivity index (χ0n) is 8.59. The van der Waals surface area contributed by atoms with E-state index < -0.39 is 5.95 Å². The van der Waals surface area contributed by atoms with Crippen LogP contribution in [0.4, 0.5) is 4.39 Å². The molecule has 1 fully saturated rings. The fraction of sp³-hybridized carbons (Fsp3) is 0.455. The minimum Gasteiger partial charge on any atom is -0.348 e. The molecule has 3 nitrogen and oxygen atoms in total. The van der Waals surface area contributed by atoms with Crippen molar-refractivity contribution < 1.29 is 9.18 Å². The molecule has 0 aromatic carbocycles. The number of nitrogens with one attached hydrogen (secondary N) is 1. The van der Waals surface area contributed by atoms with Crippen molar-refractivity contribution in [3.63, 3.8) is 0 Å². The Morgan fingerprint density at radius 2 is 2.33 bits per heavy atom. The average molecular weight is 208 g/mol. The van der Waals surface area contributed by atoms with Crippen molar-refractivity contribution in [1.29, 1.82) is 0 Å². The average Bonchev–Trinajstić information content (AvgIpc) is 3.01. The first kappa shape index (κ1) is 10.1. The number of pyridine rings is 1. The van der Waals surface area contributed by atoms with Gasteiger partial charge in [-0.05, 0) is 25.3 Å². The Balaban J connectivity index is 2.13. The second-order valence-electron chi connectivity index (χ2n) is 3.75. The molecule has 0 bridgehead atoms. The predicted molar refractivity (Wildman–Crippen MR) is 54.1 cm³/mol. The van der Waals surface area contributed by atoms with Crippen LogP contribution in [0.1, 0.15) is 35.8 Å². The monoisotopic (exact) mass is 208 g/mol. The van der Waals surface area contributed by atoms with Gasteiger partial charge in [0.25, 0.3) is 5.91 Å². The first-order valence-corrected chi connectivity index (χ1v) is 5.17. The van der Waals surface area contributed by atoms with Gasteiger partial charge < -0.3 is 5.32 Å². The molecule has 0 aliphatic heterocycles. The van der Waals surface area contributed by atoms with Crippen molar-refractivity contribution in [3.05, 3.63) is 29.3 Å². The number of nitrogens with zero attached hydrogens (tertiary/aromatic N) is 1. The van der Waals surface area contributed by atoms with Crippen LogP contribution in [0.2, 0.25) is 0 Å². The van der Waals surface area contributed by atoms with Crippen LogP contribution in [0.15, 0.2) is 12.1 Å². The Labute approximate surface area is 87.7 Å². The number of aryl methyl sites for hydroxylation is 1. The van der Waals surface area contributed by atoms with Crippen molar-refractivity contribution in [2.45, 2.75) is 32.2 Å². The summed E-state index contributed by atoms with van der Waals surface area (Å²) in [5.74, 6) is -0.819. The lowest BCUT2D eigenvalue weighted by Gasteiger charge is -2.04. The van der Waals surface area contributed by atoms with Gasteiger partial charge in [0.2, 0.25) is 5.95 Å². The van der Waals surface area contributed by atoms with E-state index in [0.717, 1.165) is 12.8 Å². The molecular weight excluding hydrogens is 195 g/mol. The highest BCUT2D eigenvalue weighted by molar-refractivity contribution is 5.92. The number of carbonyl (C=O) groups excluding carboxylic acids is 1. The smallest absolute Gasteiger partial charge is 0.270 e. The van der Waals surface area contributed by atoms with E-state index in [1.54, 1.807) is 12.1 Å². The van der Waals surface area contributed by atoms with E-state index in [2.05, 4.69) is 10.3 Å². The molecule has 1 aromatic rings. The molecule has 4 heteroatoms. The maximum Gasteiger partial charge on any atom is 0.270 e. The minimum absolute atomic E-state index is 0.164. The lowest BCUT2D eigenvalue weighted by molar-refractivity contribution is 0.0945. The molecule has 1 aromatic heterocycles. The van der Waals surface area contributed by atoms with E-state index >= 15 is 0 Å². The molecule has 0 unspecified atom stereocenters. The first-order chi connectivity index (χ1) is 7.20. The van der Waals surface area contributed by atoms with E-state index in [0.29, 0.717) is 12.0 Å². The highest BCUT2D eigenvalue weighted by Crippen LogP contribution is 2.19. The van der Waals surface area contributed by atoms with Gasteiger partial charge in [0.15, 0.2) is 0 Å². The van der Waals surface area contributed by atoms with Crippen LogP contribution in [0.5, 0.6) is 0 Å². The van der Waals surface area contributed by atoms with Gasteiger partial charge in [0.1, 0.15) is 5.69 Å². The highest BCUT2D eigenvalue weighted by atomic mass is 19.1. The van der Waals surface area contributed by atoms with Crippen molar-refractivity contribution in [2.75, 3.05) is 0 Å². The van der Waals surface area contributed by atoms with Gasteiger partial charge >= 0.3 is 0 Å². The van der Waals surface area contributed by atoms with Crippen LogP contribution in [0.3, 0.4) is 0 Å². The quantitative estimate of drug-likeness (QED) is 0.768. The molecule has 1 aliphatic rings. The molecule has 1 aliphatic carbocycles. The third-order valence-electron chi connectivity index (χ3n) is 2.45. The minimum atomic E-state index is -0.541. The second-order valence-corrected chi connectivity index (χ2v) is 3.75. The van der Waals surface area contributed by atoms with Gasteiger partial charge in [-0.2, -0.15) is 4.39 Å². The SMILES string of the molecule is CCc1ccc(C(=O)NC2CC2)nc1F. The van der Waals surface area contributed by atoms with Gasteiger partial charge in [0.05, 0.1) is 0 Å². The van der Waals surface area contributed by atoms with Crippen molar-refractivity contribution >= 4 is 5.91 Å². The van der Waals surface area contributed by atoms with Gasteiger partial charge in [-0.15, -0.1) is 0 Å². The third-order valence-corrected chi connectivity index (χ3v) is 2.45. The highest BCUT2D eigenvalue weighted by Gasteiger charge is 2.24. The summed E-state index contributed by atoms with van der Waals surface area (Å²) in [7, 11) is 0. The molecule has 2 rings (SSSR count). The Bertz CT molecular complexity index is 388. The Hall–Kier alpha value is -1.45. The Kier molecular flexibility index (Phi) is 2.66. The summed E-state index contributed by atoms with van der Waals surface area (Å²) >= 11 is 0. The van der Waals surface area contributed by atoms with Crippen LogP contribution in [-0.4, -0.2) is 16.9 Å². The number of amides is 1. The fourth-order valence-corrected chi connectivity index (χ4v) is 1.34. The van der Waals surface area contributed by atoms with E-state index in [-0.39, 0.29) is 17.6 Å². The maximum atomic E-state index is 13.3. The van der Waals surface area contributed by atoms with E-state index in [9.17, 15) is 9.18 Å². The number of hydrogen-bond donors (Lipinski definition) is 1. The molecule has 15 heavy (non-hydrogen) atoms. The van der Waals surface area contributed by atoms with E-state index in [4.69, 9.17) is 0 Å². The standard InChI is InChI=1S/C11H13FN2O/c1-2-7-3-6-9(14-10(7)12)11(15)13-8-4-5-8/h3,6,8H,2,4-5H2,1H3,(H,13,15). The molecule has 80 valence electrons. The summed E-state index contributed by atoms with van der Waals surface area (Å²) in [5.41, 5.74) is 0.703. The number of hydrogen-bond acceptors (Lipinski definition) is 2. The van der Waals surface area contributed by atoms with Crippen LogP contribution in [0.25, 0.3) is 0 Å². The van der Waals surface area contributed by atoms with Crippen molar-refractivity contribution in [1.82, 2.24) is 10.3 Å². The van der Waals surface area contributed by atoms with Gasteiger partial charge in [0, 0.05) is 11.6 Å². The summed E-state index contributed by atoms with van der Waals surface area (Å²) in [6.45, 7) is 1.85.